The maximum atomic E-state index is 8.99. The lowest BCUT2D eigenvalue weighted by Crippen LogP contribution is -2.32. The number of hydrogen-bond donors (Lipinski definition) is 2. The zero-order valence-electron chi connectivity index (χ0n) is 12.1. The van der Waals surface area contributed by atoms with Crippen molar-refractivity contribution in [3.8, 4) is 11.8 Å². The molecule has 0 atom stereocenters. The van der Waals surface area contributed by atoms with Crippen LogP contribution in [-0.4, -0.2) is 23.7 Å². The van der Waals surface area contributed by atoms with Crippen LogP contribution in [-0.2, 0) is 0 Å². The van der Waals surface area contributed by atoms with Gasteiger partial charge in [-0.15, -0.1) is 0 Å². The maximum absolute atomic E-state index is 8.99. The predicted molar refractivity (Wildman–Crippen MR) is 52.2 cm³/mol. The Balaban J connectivity index is 3.09. The van der Waals surface area contributed by atoms with Crippen LogP contribution in [0.4, 0.5) is 0 Å². The highest BCUT2D eigenvalue weighted by Crippen LogP contribution is 2.11. The van der Waals surface area contributed by atoms with Crippen LogP contribution in [0.2, 0.25) is 0 Å². The fourth-order valence-electron chi connectivity index (χ4n) is 0.980. The summed E-state index contributed by atoms with van der Waals surface area (Å²) in [6.45, 7) is -5.91. The molecule has 0 heterocycles. The fraction of sp³-hybridized carbons (Fsp3) is 0.222. The van der Waals surface area contributed by atoms with E-state index in [2.05, 4.69) is 0 Å². The Morgan fingerprint density at radius 2 is 2.50 bits per heavy atom. The molecule has 4 nitrogen and oxygen atoms in total. The van der Waals surface area contributed by atoms with Gasteiger partial charge in [-0.1, -0.05) is 6.07 Å². The molecule has 5 heteroatoms. The minimum Gasteiger partial charge on any atom is -0.494 e. The molecule has 0 aliphatic rings. The van der Waals surface area contributed by atoms with E-state index in [1.807, 2.05) is 0 Å². The fourth-order valence-corrected chi connectivity index (χ4v) is 0.980. The Kier molecular flexibility index (Phi) is 1.79. The summed E-state index contributed by atoms with van der Waals surface area (Å²) < 4.78 is 40.2. The number of hydrogen-bond acceptors (Lipinski definition) is 4. The molecule has 0 aromatic heterocycles. The van der Waals surface area contributed by atoms with Crippen LogP contribution in [0.25, 0.3) is 0 Å². The first kappa shape index (κ1) is 5.39. The van der Waals surface area contributed by atoms with Gasteiger partial charge in [0.05, 0.1) is 20.9 Å². The van der Waals surface area contributed by atoms with E-state index >= 15 is 0 Å². The standard InChI is InChI=1S/C9H10BNO3/c1-2-14-8-3-4-9(10(12)13)7(5-8)6-11/h3-5,12-13H,2H2,1H3/i1D3,2D2. The lowest BCUT2D eigenvalue weighted by atomic mass is 9.77. The van der Waals surface area contributed by atoms with Gasteiger partial charge in [0, 0.05) is 9.58 Å². The lowest BCUT2D eigenvalue weighted by Gasteiger charge is -2.06. The predicted octanol–water partition coefficient (Wildman–Crippen LogP) is -0.363. The maximum Gasteiger partial charge on any atom is 0.489 e. The third-order valence-electron chi connectivity index (χ3n) is 1.59. The van der Waals surface area contributed by atoms with E-state index < -0.39 is 20.5 Å². The molecule has 0 radical (unpaired) electrons. The molecule has 2 N–H and O–H groups in total. The van der Waals surface area contributed by atoms with Gasteiger partial charge in [0.25, 0.3) is 0 Å². The van der Waals surface area contributed by atoms with Crippen LogP contribution in [0.15, 0.2) is 18.2 Å². The van der Waals surface area contributed by atoms with Crippen LogP contribution in [0, 0.1) is 11.3 Å². The number of nitriles is 1. The Morgan fingerprint density at radius 1 is 1.71 bits per heavy atom. The van der Waals surface area contributed by atoms with Gasteiger partial charge >= 0.3 is 7.12 Å². The van der Waals surface area contributed by atoms with Crippen molar-refractivity contribution in [2.75, 3.05) is 6.56 Å². The molecule has 1 aromatic carbocycles. The quantitative estimate of drug-likeness (QED) is 0.647. The van der Waals surface area contributed by atoms with E-state index in [4.69, 9.17) is 26.9 Å². The Morgan fingerprint density at radius 3 is 3.07 bits per heavy atom. The number of nitrogens with zero attached hydrogens (tertiary/aromatic N) is 1. The van der Waals surface area contributed by atoms with Gasteiger partial charge in [0.2, 0.25) is 0 Å². The van der Waals surface area contributed by atoms with Gasteiger partial charge < -0.3 is 14.8 Å². The van der Waals surface area contributed by atoms with Crippen molar-refractivity contribution >= 4 is 12.6 Å². The van der Waals surface area contributed by atoms with E-state index in [1.54, 1.807) is 6.07 Å². The summed E-state index contributed by atoms with van der Waals surface area (Å²) in [7, 11) is -1.86. The van der Waals surface area contributed by atoms with Crippen molar-refractivity contribution in [1.82, 2.24) is 0 Å². The topological polar surface area (TPSA) is 73.5 Å². The van der Waals surface area contributed by atoms with E-state index in [9.17, 15) is 0 Å². The number of ether oxygens (including phenoxy) is 1. The molecule has 0 bridgehead atoms. The summed E-state index contributed by atoms with van der Waals surface area (Å²) in [5, 5.41) is 26.8. The zero-order valence-corrected chi connectivity index (χ0v) is 7.06. The van der Waals surface area contributed by atoms with Gasteiger partial charge in [0.1, 0.15) is 5.75 Å². The summed E-state index contributed by atoms with van der Waals surface area (Å²) in [6.07, 6.45) is 0. The number of rotatable bonds is 3. The minimum absolute atomic E-state index is 0.0794. The molecule has 0 saturated heterocycles. The molecule has 72 valence electrons. The minimum atomic E-state index is -2.99. The van der Waals surface area contributed by atoms with Gasteiger partial charge in [-0.3, -0.25) is 0 Å². The first-order valence-electron chi connectivity index (χ1n) is 6.17. The molecule has 0 fully saturated rings. The molecule has 0 aliphatic heterocycles. The Bertz CT molecular complexity index is 512. The average molecular weight is 196 g/mol. The van der Waals surface area contributed by atoms with E-state index in [1.165, 1.54) is 0 Å². The summed E-state index contributed by atoms with van der Waals surface area (Å²) in [5.41, 5.74) is -0.224. The van der Waals surface area contributed by atoms with Crippen molar-refractivity contribution in [3.05, 3.63) is 23.8 Å². The zero-order chi connectivity index (χ0) is 14.8. The highest BCUT2D eigenvalue weighted by atomic mass is 16.5. The first-order valence-corrected chi connectivity index (χ1v) is 3.67. The Labute approximate surface area is 89.5 Å². The SMILES string of the molecule is [2H]C([2H])([2H])C([2H])([2H])Oc1ccc(B(O)O)c(C#N)c1. The third-order valence-corrected chi connectivity index (χ3v) is 1.59. The van der Waals surface area contributed by atoms with Crippen molar-refractivity contribution in [2.45, 2.75) is 6.85 Å². The van der Waals surface area contributed by atoms with Crippen molar-refractivity contribution in [2.24, 2.45) is 0 Å². The van der Waals surface area contributed by atoms with Crippen molar-refractivity contribution in [1.29, 1.82) is 5.26 Å². The summed E-state index contributed by atoms with van der Waals surface area (Å²) >= 11 is 0. The van der Waals surface area contributed by atoms with E-state index in [0.29, 0.717) is 0 Å². The van der Waals surface area contributed by atoms with Gasteiger partial charge in [-0.2, -0.15) is 5.26 Å². The normalized spacial score (nSPS) is 16.5. The molecule has 0 saturated carbocycles. The second-order valence-corrected chi connectivity index (χ2v) is 2.44. The molecule has 1 aromatic rings. The summed E-state index contributed by atoms with van der Waals surface area (Å²) in [5.74, 6) is -0.193. The molecular weight excluding hydrogens is 181 g/mol. The Hall–Kier alpha value is -1.51. The van der Waals surface area contributed by atoms with Crippen LogP contribution >= 0.6 is 0 Å². The highest BCUT2D eigenvalue weighted by molar-refractivity contribution is 6.59. The molecule has 1 rings (SSSR count). The second kappa shape index (κ2) is 4.65. The molecule has 0 aliphatic carbocycles. The molecule has 0 amide bonds. The lowest BCUT2D eigenvalue weighted by molar-refractivity contribution is 0.340. The van der Waals surface area contributed by atoms with E-state index in [-0.39, 0.29) is 16.8 Å². The second-order valence-electron chi connectivity index (χ2n) is 2.44. The van der Waals surface area contributed by atoms with Gasteiger partial charge in [-0.25, -0.2) is 0 Å². The molecule has 0 unspecified atom stereocenters. The smallest absolute Gasteiger partial charge is 0.489 e. The monoisotopic (exact) mass is 196 g/mol. The number of benzene rings is 1. The summed E-state index contributed by atoms with van der Waals surface area (Å²) in [6, 6.07) is 5.02. The molecule has 14 heavy (non-hydrogen) atoms. The molecule has 0 spiro atoms. The average Bonchev–Trinajstić information content (AvgIpc) is 2.26. The first-order chi connectivity index (χ1) is 8.58. The third kappa shape index (κ3) is 2.25. The van der Waals surface area contributed by atoms with Gasteiger partial charge in [0.15, 0.2) is 0 Å². The largest absolute Gasteiger partial charge is 0.494 e. The van der Waals surface area contributed by atoms with Crippen LogP contribution in [0.5, 0.6) is 5.75 Å². The molecular formula is C9H10BNO3. The van der Waals surface area contributed by atoms with E-state index in [0.717, 1.165) is 18.2 Å². The van der Waals surface area contributed by atoms with Crippen molar-refractivity contribution in [3.63, 3.8) is 0 Å². The van der Waals surface area contributed by atoms with Crippen molar-refractivity contribution < 1.29 is 21.6 Å². The van der Waals surface area contributed by atoms with Crippen LogP contribution in [0.1, 0.15) is 19.3 Å². The van der Waals surface area contributed by atoms with Gasteiger partial charge in [-0.05, 0) is 19.0 Å². The van der Waals surface area contributed by atoms with Crippen LogP contribution < -0.4 is 10.2 Å². The van der Waals surface area contributed by atoms with Crippen LogP contribution in [0.3, 0.4) is 0 Å². The summed E-state index contributed by atoms with van der Waals surface area (Å²) in [4.78, 5) is 0. The highest BCUT2D eigenvalue weighted by Gasteiger charge is 2.16.